The van der Waals surface area contributed by atoms with Gasteiger partial charge in [0, 0.05) is 10.2 Å². The minimum absolute atomic E-state index is 0.285. The minimum atomic E-state index is -0.285. The highest BCUT2D eigenvalue weighted by Crippen LogP contribution is 2.19. The summed E-state index contributed by atoms with van der Waals surface area (Å²) in [6.45, 7) is 0. The van der Waals surface area contributed by atoms with E-state index in [4.69, 9.17) is 0 Å². The van der Waals surface area contributed by atoms with E-state index in [1.165, 1.54) is 12.0 Å². The molecule has 0 aromatic heterocycles. The van der Waals surface area contributed by atoms with Gasteiger partial charge in [-0.1, -0.05) is 15.9 Å². The number of hydrogen-bond donors (Lipinski definition) is 0. The average molecular weight is 289 g/mol. The van der Waals surface area contributed by atoms with Crippen molar-refractivity contribution in [2.75, 3.05) is 18.2 Å². The molecule has 0 unspecified atom stereocenters. The molecule has 0 atom stereocenters. The molecule has 0 aliphatic heterocycles. The predicted octanol–water partition coefficient (Wildman–Crippen LogP) is 3.35. The molecule has 0 aliphatic rings. The van der Waals surface area contributed by atoms with Gasteiger partial charge in [-0.25, -0.2) is 4.79 Å². The molecule has 0 N–H and O–H groups in total. The quantitative estimate of drug-likeness (QED) is 0.360. The SMILES string of the molecule is COC(=O)c1ccc(SCCCBr)cc1. The van der Waals surface area contributed by atoms with Crippen molar-refractivity contribution in [3.8, 4) is 0 Å². The Bertz CT molecular complexity index is 311. The van der Waals surface area contributed by atoms with Gasteiger partial charge in [-0.3, -0.25) is 0 Å². The van der Waals surface area contributed by atoms with Gasteiger partial charge in [0.05, 0.1) is 12.7 Å². The third-order valence-corrected chi connectivity index (χ3v) is 3.48. The van der Waals surface area contributed by atoms with Crippen LogP contribution in [0, 0.1) is 0 Å². The lowest BCUT2D eigenvalue weighted by Gasteiger charge is -2.02. The maximum absolute atomic E-state index is 11.1. The predicted molar refractivity (Wildman–Crippen MR) is 66.9 cm³/mol. The number of esters is 1. The Balaban J connectivity index is 2.52. The fourth-order valence-corrected chi connectivity index (χ4v) is 2.55. The molecule has 0 saturated heterocycles. The topological polar surface area (TPSA) is 26.3 Å². The molecule has 2 nitrogen and oxygen atoms in total. The summed E-state index contributed by atoms with van der Waals surface area (Å²) < 4.78 is 4.62. The van der Waals surface area contributed by atoms with Gasteiger partial charge in [0.15, 0.2) is 0 Å². The Labute approximate surface area is 103 Å². The van der Waals surface area contributed by atoms with E-state index < -0.39 is 0 Å². The molecule has 15 heavy (non-hydrogen) atoms. The number of alkyl halides is 1. The molecular weight excluding hydrogens is 276 g/mol. The summed E-state index contributed by atoms with van der Waals surface area (Å²) in [6.07, 6.45) is 1.14. The number of benzene rings is 1. The Morgan fingerprint density at radius 3 is 2.60 bits per heavy atom. The van der Waals surface area contributed by atoms with Crippen LogP contribution in [0.15, 0.2) is 29.2 Å². The molecule has 4 heteroatoms. The fourth-order valence-electron chi connectivity index (χ4n) is 1.05. The molecule has 0 radical (unpaired) electrons. The maximum Gasteiger partial charge on any atom is 0.337 e. The van der Waals surface area contributed by atoms with Crippen LogP contribution in [-0.4, -0.2) is 24.2 Å². The second-order valence-corrected chi connectivity index (χ2v) is 4.87. The highest BCUT2D eigenvalue weighted by Gasteiger charge is 2.03. The van der Waals surface area contributed by atoms with Crippen molar-refractivity contribution >= 4 is 33.7 Å². The Morgan fingerprint density at radius 1 is 1.40 bits per heavy atom. The van der Waals surface area contributed by atoms with Gasteiger partial charge in [-0.2, -0.15) is 0 Å². The van der Waals surface area contributed by atoms with Crippen LogP contribution >= 0.6 is 27.7 Å². The van der Waals surface area contributed by atoms with Crippen LogP contribution in [0.5, 0.6) is 0 Å². The molecule has 0 fully saturated rings. The van der Waals surface area contributed by atoms with Gasteiger partial charge < -0.3 is 4.74 Å². The molecular formula is C11H13BrO2S. The average Bonchev–Trinajstić information content (AvgIpc) is 2.29. The summed E-state index contributed by atoms with van der Waals surface area (Å²) in [4.78, 5) is 12.3. The molecule has 0 amide bonds. The lowest BCUT2D eigenvalue weighted by molar-refractivity contribution is 0.0600. The summed E-state index contributed by atoms with van der Waals surface area (Å²) in [7, 11) is 1.39. The van der Waals surface area contributed by atoms with Crippen molar-refractivity contribution < 1.29 is 9.53 Å². The molecule has 0 spiro atoms. The van der Waals surface area contributed by atoms with Crippen molar-refractivity contribution in [2.24, 2.45) is 0 Å². The monoisotopic (exact) mass is 288 g/mol. The minimum Gasteiger partial charge on any atom is -0.465 e. The third-order valence-electron chi connectivity index (χ3n) is 1.82. The molecule has 1 rings (SSSR count). The second-order valence-electron chi connectivity index (χ2n) is 2.91. The second kappa shape index (κ2) is 6.90. The van der Waals surface area contributed by atoms with Crippen molar-refractivity contribution in [2.45, 2.75) is 11.3 Å². The number of halogens is 1. The highest BCUT2D eigenvalue weighted by atomic mass is 79.9. The first-order valence-electron chi connectivity index (χ1n) is 4.65. The maximum atomic E-state index is 11.1. The molecule has 0 heterocycles. The van der Waals surface area contributed by atoms with Gasteiger partial charge in [-0.05, 0) is 36.4 Å². The van der Waals surface area contributed by atoms with Crippen LogP contribution in [0.25, 0.3) is 0 Å². The number of ether oxygens (including phenoxy) is 1. The van der Waals surface area contributed by atoms with Crippen molar-refractivity contribution in [1.29, 1.82) is 0 Å². The van der Waals surface area contributed by atoms with Crippen molar-refractivity contribution in [3.63, 3.8) is 0 Å². The van der Waals surface area contributed by atoms with Crippen LogP contribution in [0.3, 0.4) is 0 Å². The van der Waals surface area contributed by atoms with Gasteiger partial charge in [0.25, 0.3) is 0 Å². The van der Waals surface area contributed by atoms with E-state index in [1.54, 1.807) is 23.9 Å². The van der Waals surface area contributed by atoms with E-state index >= 15 is 0 Å². The number of methoxy groups -OCH3 is 1. The summed E-state index contributed by atoms with van der Waals surface area (Å²) >= 11 is 5.18. The lowest BCUT2D eigenvalue weighted by atomic mass is 10.2. The van der Waals surface area contributed by atoms with E-state index in [-0.39, 0.29) is 5.97 Å². The van der Waals surface area contributed by atoms with E-state index in [0.29, 0.717) is 5.56 Å². The zero-order valence-electron chi connectivity index (χ0n) is 8.53. The number of hydrogen-bond acceptors (Lipinski definition) is 3. The number of thioether (sulfide) groups is 1. The van der Waals surface area contributed by atoms with Gasteiger partial charge >= 0.3 is 5.97 Å². The standard InChI is InChI=1S/C11H13BrO2S/c1-14-11(13)9-3-5-10(6-4-9)15-8-2-7-12/h3-6H,2,7-8H2,1H3. The number of carbonyl (C=O) groups is 1. The zero-order chi connectivity index (χ0) is 11.1. The number of carbonyl (C=O) groups excluding carboxylic acids is 1. The normalized spacial score (nSPS) is 10.0. The molecule has 1 aromatic rings. The van der Waals surface area contributed by atoms with E-state index in [2.05, 4.69) is 20.7 Å². The largest absolute Gasteiger partial charge is 0.465 e. The smallest absolute Gasteiger partial charge is 0.337 e. The Kier molecular flexibility index (Phi) is 5.79. The van der Waals surface area contributed by atoms with Crippen LogP contribution in [-0.2, 0) is 4.74 Å². The molecule has 0 aliphatic carbocycles. The summed E-state index contributed by atoms with van der Waals surface area (Å²) in [5, 5.41) is 1.03. The Hall–Kier alpha value is -0.480. The summed E-state index contributed by atoms with van der Waals surface area (Å²) in [5.41, 5.74) is 0.599. The van der Waals surface area contributed by atoms with Crippen molar-refractivity contribution in [3.05, 3.63) is 29.8 Å². The first-order valence-corrected chi connectivity index (χ1v) is 6.75. The van der Waals surface area contributed by atoms with Crippen LogP contribution in [0.1, 0.15) is 16.8 Å². The van der Waals surface area contributed by atoms with E-state index in [1.807, 2.05) is 12.1 Å². The Morgan fingerprint density at radius 2 is 2.07 bits per heavy atom. The van der Waals surface area contributed by atoms with Gasteiger partial charge in [0.1, 0.15) is 0 Å². The van der Waals surface area contributed by atoms with Gasteiger partial charge in [-0.15, -0.1) is 11.8 Å². The van der Waals surface area contributed by atoms with Gasteiger partial charge in [0.2, 0.25) is 0 Å². The molecule has 0 saturated carbocycles. The van der Waals surface area contributed by atoms with Crippen molar-refractivity contribution in [1.82, 2.24) is 0 Å². The number of rotatable bonds is 5. The molecule has 1 aromatic carbocycles. The molecule has 82 valence electrons. The van der Waals surface area contributed by atoms with E-state index in [0.717, 1.165) is 17.5 Å². The highest BCUT2D eigenvalue weighted by molar-refractivity contribution is 9.09. The zero-order valence-corrected chi connectivity index (χ0v) is 10.9. The summed E-state index contributed by atoms with van der Waals surface area (Å²) in [6, 6.07) is 7.49. The fraction of sp³-hybridized carbons (Fsp3) is 0.364. The summed E-state index contributed by atoms with van der Waals surface area (Å²) in [5.74, 6) is 0.801. The third kappa shape index (κ3) is 4.26. The van der Waals surface area contributed by atoms with E-state index in [9.17, 15) is 4.79 Å². The van der Waals surface area contributed by atoms with Crippen LogP contribution < -0.4 is 0 Å². The molecule has 0 bridgehead atoms. The first-order chi connectivity index (χ1) is 7.27. The van der Waals surface area contributed by atoms with Crippen LogP contribution in [0.4, 0.5) is 0 Å². The first kappa shape index (κ1) is 12.6. The van der Waals surface area contributed by atoms with Crippen LogP contribution in [0.2, 0.25) is 0 Å². The lowest BCUT2D eigenvalue weighted by Crippen LogP contribution is -2.00.